The molecule has 3 rings (SSSR count). The SMILES string of the molecule is COCCN1CCC(CNC(=O)N2CCN(c3cccc(OC)c3)CC2)C1. The van der Waals surface area contributed by atoms with Crippen molar-refractivity contribution in [1.82, 2.24) is 15.1 Å². The van der Waals surface area contributed by atoms with Gasteiger partial charge in [0, 0.05) is 64.7 Å². The molecule has 2 aliphatic rings. The van der Waals surface area contributed by atoms with E-state index >= 15 is 0 Å². The maximum absolute atomic E-state index is 12.5. The number of nitrogens with one attached hydrogen (secondary N) is 1. The molecule has 1 aromatic rings. The summed E-state index contributed by atoms with van der Waals surface area (Å²) >= 11 is 0. The van der Waals surface area contributed by atoms with Gasteiger partial charge in [0.1, 0.15) is 5.75 Å². The Kier molecular flexibility index (Phi) is 7.18. The highest BCUT2D eigenvalue weighted by molar-refractivity contribution is 5.74. The summed E-state index contributed by atoms with van der Waals surface area (Å²) in [6.45, 7) is 7.84. The lowest BCUT2D eigenvalue weighted by Crippen LogP contribution is -2.52. The molecule has 0 aromatic heterocycles. The number of carbonyl (C=O) groups excluding carboxylic acids is 1. The zero-order valence-electron chi connectivity index (χ0n) is 16.5. The summed E-state index contributed by atoms with van der Waals surface area (Å²) in [5.74, 6) is 1.41. The Hall–Kier alpha value is -1.99. The van der Waals surface area contributed by atoms with Crippen molar-refractivity contribution in [3.05, 3.63) is 24.3 Å². The van der Waals surface area contributed by atoms with Crippen LogP contribution in [0.25, 0.3) is 0 Å². The zero-order valence-corrected chi connectivity index (χ0v) is 16.5. The number of urea groups is 1. The summed E-state index contributed by atoms with van der Waals surface area (Å²) in [5.41, 5.74) is 1.15. The highest BCUT2D eigenvalue weighted by Gasteiger charge is 2.25. The van der Waals surface area contributed by atoms with E-state index in [-0.39, 0.29) is 6.03 Å². The first-order valence-electron chi connectivity index (χ1n) is 9.82. The Balaban J connectivity index is 1.38. The smallest absolute Gasteiger partial charge is 0.317 e. The van der Waals surface area contributed by atoms with Crippen molar-refractivity contribution in [1.29, 1.82) is 0 Å². The summed E-state index contributed by atoms with van der Waals surface area (Å²) in [5, 5.41) is 3.13. The van der Waals surface area contributed by atoms with Gasteiger partial charge in [-0.2, -0.15) is 0 Å². The van der Waals surface area contributed by atoms with Gasteiger partial charge in [0.15, 0.2) is 0 Å². The van der Waals surface area contributed by atoms with Crippen LogP contribution in [0, 0.1) is 5.92 Å². The average Bonchev–Trinajstić information content (AvgIpc) is 3.18. The fourth-order valence-corrected chi connectivity index (χ4v) is 3.82. The largest absolute Gasteiger partial charge is 0.497 e. The lowest BCUT2D eigenvalue weighted by molar-refractivity contribution is 0.158. The molecule has 2 heterocycles. The van der Waals surface area contributed by atoms with Crippen LogP contribution in [0.15, 0.2) is 24.3 Å². The summed E-state index contributed by atoms with van der Waals surface area (Å²) in [4.78, 5) is 19.1. The number of rotatable bonds is 7. The summed E-state index contributed by atoms with van der Waals surface area (Å²) in [6, 6.07) is 8.16. The molecule has 0 radical (unpaired) electrons. The second-order valence-corrected chi connectivity index (χ2v) is 7.31. The normalized spacial score (nSPS) is 20.7. The fourth-order valence-electron chi connectivity index (χ4n) is 3.82. The highest BCUT2D eigenvalue weighted by Crippen LogP contribution is 2.22. The number of hydrogen-bond donors (Lipinski definition) is 1. The van der Waals surface area contributed by atoms with E-state index in [1.165, 1.54) is 0 Å². The number of nitrogens with zero attached hydrogens (tertiary/aromatic N) is 3. The third kappa shape index (κ3) is 5.49. The lowest BCUT2D eigenvalue weighted by Gasteiger charge is -2.36. The number of amides is 2. The minimum absolute atomic E-state index is 0.0654. The Morgan fingerprint density at radius 2 is 2.00 bits per heavy atom. The van der Waals surface area contributed by atoms with Crippen LogP contribution < -0.4 is 15.0 Å². The van der Waals surface area contributed by atoms with E-state index in [2.05, 4.69) is 21.2 Å². The molecule has 0 aliphatic carbocycles. The number of benzene rings is 1. The van der Waals surface area contributed by atoms with Gasteiger partial charge in [-0.3, -0.25) is 0 Å². The molecule has 2 amide bonds. The van der Waals surface area contributed by atoms with Crippen LogP contribution in [-0.4, -0.2) is 89.0 Å². The van der Waals surface area contributed by atoms with Crippen LogP contribution in [0.5, 0.6) is 5.75 Å². The van der Waals surface area contributed by atoms with E-state index in [0.29, 0.717) is 5.92 Å². The molecular formula is C20H32N4O3. The fraction of sp³-hybridized carbons (Fsp3) is 0.650. The van der Waals surface area contributed by atoms with Crippen LogP contribution in [0.2, 0.25) is 0 Å². The van der Waals surface area contributed by atoms with E-state index in [9.17, 15) is 4.79 Å². The van der Waals surface area contributed by atoms with Gasteiger partial charge in [0.2, 0.25) is 0 Å². The molecule has 0 spiro atoms. The van der Waals surface area contributed by atoms with E-state index in [1.807, 2.05) is 23.1 Å². The predicted octanol–water partition coefficient (Wildman–Crippen LogP) is 1.50. The minimum atomic E-state index is 0.0654. The summed E-state index contributed by atoms with van der Waals surface area (Å²) < 4.78 is 10.4. The Bertz CT molecular complexity index is 605. The molecule has 1 unspecified atom stereocenters. The maximum Gasteiger partial charge on any atom is 0.317 e. The third-order valence-electron chi connectivity index (χ3n) is 5.51. The maximum atomic E-state index is 12.5. The highest BCUT2D eigenvalue weighted by atomic mass is 16.5. The van der Waals surface area contributed by atoms with E-state index in [1.54, 1.807) is 14.2 Å². The summed E-state index contributed by atoms with van der Waals surface area (Å²) in [7, 11) is 3.42. The molecule has 27 heavy (non-hydrogen) atoms. The number of ether oxygens (including phenoxy) is 2. The summed E-state index contributed by atoms with van der Waals surface area (Å²) in [6.07, 6.45) is 1.15. The Morgan fingerprint density at radius 1 is 1.19 bits per heavy atom. The molecule has 2 saturated heterocycles. The van der Waals surface area contributed by atoms with Crippen LogP contribution >= 0.6 is 0 Å². The molecule has 0 saturated carbocycles. The predicted molar refractivity (Wildman–Crippen MR) is 107 cm³/mol. The molecular weight excluding hydrogens is 344 g/mol. The first kappa shape index (κ1) is 19.8. The van der Waals surface area contributed by atoms with Crippen LogP contribution in [0.3, 0.4) is 0 Å². The monoisotopic (exact) mass is 376 g/mol. The van der Waals surface area contributed by atoms with Gasteiger partial charge in [-0.05, 0) is 31.0 Å². The van der Waals surface area contributed by atoms with Crippen molar-refractivity contribution in [3.63, 3.8) is 0 Å². The van der Waals surface area contributed by atoms with Gasteiger partial charge < -0.3 is 29.5 Å². The van der Waals surface area contributed by atoms with Crippen molar-refractivity contribution in [2.45, 2.75) is 6.42 Å². The van der Waals surface area contributed by atoms with Crippen molar-refractivity contribution in [3.8, 4) is 5.75 Å². The van der Waals surface area contributed by atoms with Crippen LogP contribution in [-0.2, 0) is 4.74 Å². The number of carbonyl (C=O) groups is 1. The van der Waals surface area contributed by atoms with E-state index < -0.39 is 0 Å². The quantitative estimate of drug-likeness (QED) is 0.782. The molecule has 1 atom stereocenters. The Labute approximate surface area is 162 Å². The first-order valence-corrected chi connectivity index (χ1v) is 9.82. The third-order valence-corrected chi connectivity index (χ3v) is 5.51. The molecule has 2 aliphatic heterocycles. The van der Waals surface area contributed by atoms with Gasteiger partial charge in [0.05, 0.1) is 13.7 Å². The van der Waals surface area contributed by atoms with Crippen molar-refractivity contribution in [2.24, 2.45) is 5.92 Å². The lowest BCUT2D eigenvalue weighted by atomic mass is 10.1. The second kappa shape index (κ2) is 9.80. The van der Waals surface area contributed by atoms with Crippen LogP contribution in [0.1, 0.15) is 6.42 Å². The molecule has 1 aromatic carbocycles. The second-order valence-electron chi connectivity index (χ2n) is 7.31. The number of piperazine rings is 1. The van der Waals surface area contributed by atoms with E-state index in [4.69, 9.17) is 9.47 Å². The number of likely N-dealkylation sites (tertiary alicyclic amines) is 1. The molecule has 7 heteroatoms. The van der Waals surface area contributed by atoms with Crippen molar-refractivity contribution < 1.29 is 14.3 Å². The van der Waals surface area contributed by atoms with Crippen molar-refractivity contribution >= 4 is 11.7 Å². The number of hydrogen-bond acceptors (Lipinski definition) is 5. The van der Waals surface area contributed by atoms with Crippen LogP contribution in [0.4, 0.5) is 10.5 Å². The van der Waals surface area contributed by atoms with E-state index in [0.717, 1.165) is 76.8 Å². The molecule has 150 valence electrons. The van der Waals surface area contributed by atoms with Gasteiger partial charge in [-0.15, -0.1) is 0 Å². The topological polar surface area (TPSA) is 57.3 Å². The molecule has 2 fully saturated rings. The molecule has 0 bridgehead atoms. The molecule has 1 N–H and O–H groups in total. The standard InChI is InChI=1S/C20H32N4O3/c1-26-13-12-22-7-6-17(16-22)15-21-20(25)24-10-8-23(9-11-24)18-4-3-5-19(14-18)27-2/h3-5,14,17H,6-13,15-16H2,1-2H3,(H,21,25). The number of methoxy groups -OCH3 is 2. The van der Waals surface area contributed by atoms with Gasteiger partial charge in [0.25, 0.3) is 0 Å². The Morgan fingerprint density at radius 3 is 2.74 bits per heavy atom. The number of anilines is 1. The van der Waals surface area contributed by atoms with Gasteiger partial charge >= 0.3 is 6.03 Å². The average molecular weight is 377 g/mol. The van der Waals surface area contributed by atoms with Gasteiger partial charge in [-0.1, -0.05) is 6.07 Å². The minimum Gasteiger partial charge on any atom is -0.497 e. The zero-order chi connectivity index (χ0) is 19.1. The molecule has 7 nitrogen and oxygen atoms in total. The van der Waals surface area contributed by atoms with Crippen molar-refractivity contribution in [2.75, 3.05) is 78.1 Å². The first-order chi connectivity index (χ1) is 13.2. The van der Waals surface area contributed by atoms with Gasteiger partial charge in [-0.25, -0.2) is 4.79 Å².